The van der Waals surface area contributed by atoms with Gasteiger partial charge in [-0.05, 0) is 29.8 Å². The van der Waals surface area contributed by atoms with Crippen molar-refractivity contribution in [1.29, 1.82) is 0 Å². The van der Waals surface area contributed by atoms with Crippen LogP contribution in [0.4, 0.5) is 0 Å². The lowest BCUT2D eigenvalue weighted by Gasteiger charge is -2.09. The molecule has 2 heterocycles. The number of carbonyl (C=O) groups is 1. The number of pyridine rings is 1. The summed E-state index contributed by atoms with van der Waals surface area (Å²) in [7, 11) is 0. The van der Waals surface area contributed by atoms with E-state index in [9.17, 15) is 4.79 Å². The lowest BCUT2D eigenvalue weighted by molar-refractivity contribution is -0.118. The van der Waals surface area contributed by atoms with Crippen LogP contribution in [0.2, 0.25) is 0 Å². The van der Waals surface area contributed by atoms with Crippen molar-refractivity contribution in [3.63, 3.8) is 0 Å². The van der Waals surface area contributed by atoms with Gasteiger partial charge in [-0.1, -0.05) is 60.3 Å². The summed E-state index contributed by atoms with van der Waals surface area (Å²) in [5, 5.41) is 4.76. The third-order valence-corrected chi connectivity index (χ3v) is 5.19. The number of fused-ring (bicyclic) bond motifs is 1. The third kappa shape index (κ3) is 4.89. The van der Waals surface area contributed by atoms with Gasteiger partial charge in [0.2, 0.25) is 0 Å². The van der Waals surface area contributed by atoms with E-state index >= 15 is 0 Å². The fourth-order valence-corrected chi connectivity index (χ4v) is 3.67. The molecule has 4 aromatic rings. The maximum Gasteiger partial charge on any atom is 0.250 e. The molecule has 0 unspecified atom stereocenters. The van der Waals surface area contributed by atoms with Gasteiger partial charge in [0.1, 0.15) is 0 Å². The predicted octanol–water partition coefficient (Wildman–Crippen LogP) is 3.72. The predicted molar refractivity (Wildman–Crippen MR) is 116 cm³/mol. The van der Waals surface area contributed by atoms with E-state index in [4.69, 9.17) is 4.98 Å². The number of hydrazone groups is 1. The van der Waals surface area contributed by atoms with Gasteiger partial charge in [-0.15, -0.1) is 0 Å². The molecule has 0 aliphatic rings. The van der Waals surface area contributed by atoms with Gasteiger partial charge in [0.15, 0.2) is 5.16 Å². The normalized spacial score (nSPS) is 11.2. The van der Waals surface area contributed by atoms with Crippen molar-refractivity contribution in [3.8, 4) is 0 Å². The highest BCUT2D eigenvalue weighted by atomic mass is 32.2. The first-order chi connectivity index (χ1) is 14.3. The first-order valence-electron chi connectivity index (χ1n) is 9.14. The zero-order valence-electron chi connectivity index (χ0n) is 15.6. The zero-order chi connectivity index (χ0) is 19.9. The van der Waals surface area contributed by atoms with Crippen LogP contribution in [0, 0.1) is 0 Å². The van der Waals surface area contributed by atoms with Crippen molar-refractivity contribution in [2.24, 2.45) is 5.10 Å². The molecule has 29 heavy (non-hydrogen) atoms. The summed E-state index contributed by atoms with van der Waals surface area (Å²) < 4.78 is 2.14. The first-order valence-corrected chi connectivity index (χ1v) is 10.1. The molecule has 0 atom stereocenters. The molecule has 7 heteroatoms. The molecule has 0 fully saturated rings. The van der Waals surface area contributed by atoms with Crippen LogP contribution in [0.15, 0.2) is 89.3 Å². The number of para-hydroxylation sites is 2. The Balaban J connectivity index is 1.45. The number of hydrogen-bond acceptors (Lipinski definition) is 5. The van der Waals surface area contributed by atoms with Gasteiger partial charge in [-0.25, -0.2) is 10.4 Å². The molecule has 0 aliphatic heterocycles. The van der Waals surface area contributed by atoms with Crippen LogP contribution in [-0.4, -0.2) is 32.4 Å². The zero-order valence-corrected chi connectivity index (χ0v) is 16.4. The molecule has 6 nitrogen and oxygen atoms in total. The smallest absolute Gasteiger partial charge is 0.250 e. The molecule has 0 bridgehead atoms. The van der Waals surface area contributed by atoms with Crippen molar-refractivity contribution >= 4 is 34.9 Å². The number of amides is 1. The van der Waals surface area contributed by atoms with E-state index in [2.05, 4.69) is 32.2 Å². The first kappa shape index (κ1) is 18.9. The van der Waals surface area contributed by atoms with E-state index in [1.54, 1.807) is 6.20 Å². The van der Waals surface area contributed by atoms with E-state index in [1.807, 2.05) is 60.7 Å². The van der Waals surface area contributed by atoms with Crippen molar-refractivity contribution in [3.05, 3.63) is 90.3 Å². The average molecular weight is 401 g/mol. The molecular weight excluding hydrogens is 382 g/mol. The van der Waals surface area contributed by atoms with Gasteiger partial charge in [0.25, 0.3) is 5.91 Å². The minimum Gasteiger partial charge on any atom is -0.314 e. The van der Waals surface area contributed by atoms with Crippen LogP contribution >= 0.6 is 11.8 Å². The number of rotatable bonds is 7. The number of nitrogens with zero attached hydrogens (tertiary/aromatic N) is 4. The molecule has 0 spiro atoms. The number of aromatic nitrogens is 3. The minimum absolute atomic E-state index is 0.194. The van der Waals surface area contributed by atoms with Crippen molar-refractivity contribution < 1.29 is 4.79 Å². The molecule has 1 N–H and O–H groups in total. The topological polar surface area (TPSA) is 72.2 Å². The Labute approximate surface area is 172 Å². The lowest BCUT2D eigenvalue weighted by atomic mass is 10.2. The molecule has 2 aromatic carbocycles. The molecule has 0 aliphatic carbocycles. The Kier molecular flexibility index (Phi) is 5.97. The van der Waals surface area contributed by atoms with E-state index in [0.29, 0.717) is 12.2 Å². The molecular formula is C22H19N5OS. The number of imidazole rings is 1. The number of benzene rings is 2. The van der Waals surface area contributed by atoms with E-state index in [1.165, 1.54) is 23.5 Å². The van der Waals surface area contributed by atoms with Crippen LogP contribution in [0.3, 0.4) is 0 Å². The summed E-state index contributed by atoms with van der Waals surface area (Å²) in [4.78, 5) is 21.0. The summed E-state index contributed by atoms with van der Waals surface area (Å²) >= 11 is 1.40. The summed E-state index contributed by atoms with van der Waals surface area (Å²) in [5.41, 5.74) is 6.37. The van der Waals surface area contributed by atoms with Crippen LogP contribution in [0.25, 0.3) is 11.0 Å². The van der Waals surface area contributed by atoms with Crippen LogP contribution in [0.5, 0.6) is 0 Å². The second-order valence-electron chi connectivity index (χ2n) is 6.29. The summed E-state index contributed by atoms with van der Waals surface area (Å²) in [6, 6.07) is 23.7. The largest absolute Gasteiger partial charge is 0.314 e. The Hall–Kier alpha value is -3.45. The summed E-state index contributed by atoms with van der Waals surface area (Å²) in [6.45, 7) is 0.698. The average Bonchev–Trinajstić information content (AvgIpc) is 3.11. The van der Waals surface area contributed by atoms with Gasteiger partial charge in [0.05, 0.1) is 35.2 Å². The Bertz CT molecular complexity index is 1130. The molecule has 0 radical (unpaired) electrons. The van der Waals surface area contributed by atoms with Crippen LogP contribution in [0.1, 0.15) is 11.3 Å². The lowest BCUT2D eigenvalue weighted by Crippen LogP contribution is -2.20. The van der Waals surface area contributed by atoms with E-state index in [0.717, 1.165) is 16.2 Å². The Morgan fingerprint density at radius 2 is 1.83 bits per heavy atom. The van der Waals surface area contributed by atoms with Gasteiger partial charge in [0, 0.05) is 6.20 Å². The maximum atomic E-state index is 12.2. The highest BCUT2D eigenvalue weighted by molar-refractivity contribution is 7.99. The molecule has 0 saturated heterocycles. The monoisotopic (exact) mass is 401 g/mol. The number of hydrogen-bond donors (Lipinski definition) is 1. The SMILES string of the molecule is O=C(CSc1nc2ccccc2n1Cc1ccccc1)N/N=C\c1ccccn1. The molecule has 2 aromatic heterocycles. The van der Waals surface area contributed by atoms with Crippen LogP contribution in [-0.2, 0) is 11.3 Å². The maximum absolute atomic E-state index is 12.2. The number of thioether (sulfide) groups is 1. The molecule has 4 rings (SSSR count). The fraction of sp³-hybridized carbons (Fsp3) is 0.0909. The molecule has 1 amide bonds. The minimum atomic E-state index is -0.194. The van der Waals surface area contributed by atoms with E-state index < -0.39 is 0 Å². The quantitative estimate of drug-likeness (QED) is 0.291. The van der Waals surface area contributed by atoms with Gasteiger partial charge in [-0.3, -0.25) is 9.78 Å². The van der Waals surface area contributed by atoms with Gasteiger partial charge in [-0.2, -0.15) is 5.10 Å². The highest BCUT2D eigenvalue weighted by Gasteiger charge is 2.13. The van der Waals surface area contributed by atoms with Gasteiger partial charge < -0.3 is 4.57 Å². The van der Waals surface area contributed by atoms with Crippen molar-refractivity contribution in [1.82, 2.24) is 20.0 Å². The Morgan fingerprint density at radius 3 is 2.66 bits per heavy atom. The van der Waals surface area contributed by atoms with E-state index in [-0.39, 0.29) is 11.7 Å². The fourth-order valence-electron chi connectivity index (χ4n) is 2.87. The third-order valence-electron chi connectivity index (χ3n) is 4.21. The summed E-state index contributed by atoms with van der Waals surface area (Å²) in [6.07, 6.45) is 3.20. The molecule has 144 valence electrons. The number of nitrogens with one attached hydrogen (secondary N) is 1. The van der Waals surface area contributed by atoms with Crippen LogP contribution < -0.4 is 5.43 Å². The van der Waals surface area contributed by atoms with Gasteiger partial charge >= 0.3 is 0 Å². The van der Waals surface area contributed by atoms with Crippen molar-refractivity contribution in [2.75, 3.05) is 5.75 Å². The Morgan fingerprint density at radius 1 is 1.03 bits per heavy atom. The summed E-state index contributed by atoms with van der Waals surface area (Å²) in [5.74, 6) is 0.0259. The highest BCUT2D eigenvalue weighted by Crippen LogP contribution is 2.25. The number of carbonyl (C=O) groups excluding carboxylic acids is 1. The second kappa shape index (κ2) is 9.16. The standard InChI is InChI=1S/C22H19N5OS/c28-21(26-24-14-18-10-6-7-13-23-18)16-29-22-25-19-11-4-5-12-20(19)27(22)15-17-8-2-1-3-9-17/h1-14H,15-16H2,(H,26,28)/b24-14-. The molecule has 0 saturated carbocycles. The van der Waals surface area contributed by atoms with Crippen molar-refractivity contribution in [2.45, 2.75) is 11.7 Å². The second-order valence-corrected chi connectivity index (χ2v) is 7.23.